The minimum atomic E-state index is 0.127. The van der Waals surface area contributed by atoms with Crippen molar-refractivity contribution in [1.82, 2.24) is 14.9 Å². The average Bonchev–Trinajstić information content (AvgIpc) is 3.24. The molecule has 2 saturated heterocycles. The molecule has 0 spiro atoms. The molecule has 0 radical (unpaired) electrons. The first kappa shape index (κ1) is 18.3. The molecule has 0 saturated carbocycles. The molecule has 0 bridgehead atoms. The molecule has 0 aliphatic carbocycles. The summed E-state index contributed by atoms with van der Waals surface area (Å²) in [6.07, 6.45) is 1.82. The number of benzene rings is 1. The van der Waals surface area contributed by atoms with Gasteiger partial charge in [-0.25, -0.2) is 4.98 Å². The number of hydrogen-bond donors (Lipinski definition) is 0. The Hall–Kier alpha value is -2.71. The van der Waals surface area contributed by atoms with E-state index in [1.807, 2.05) is 35.4 Å². The van der Waals surface area contributed by atoms with Gasteiger partial charge >= 0.3 is 0 Å². The van der Waals surface area contributed by atoms with Crippen molar-refractivity contribution in [2.45, 2.75) is 0 Å². The maximum Gasteiger partial charge on any atom is 0.264 e. The van der Waals surface area contributed by atoms with E-state index in [1.165, 1.54) is 0 Å². The first-order chi connectivity index (χ1) is 14.3. The summed E-state index contributed by atoms with van der Waals surface area (Å²) in [5, 5.41) is 1.14. The zero-order valence-corrected chi connectivity index (χ0v) is 17.0. The van der Waals surface area contributed by atoms with Crippen molar-refractivity contribution < 1.29 is 9.53 Å². The normalized spacial score (nSPS) is 17.7. The number of hydrogen-bond acceptors (Lipinski definition) is 7. The highest BCUT2D eigenvalue weighted by molar-refractivity contribution is 7.20. The Labute approximate surface area is 173 Å². The molecule has 7 nitrogen and oxygen atoms in total. The van der Waals surface area contributed by atoms with Gasteiger partial charge in [-0.3, -0.25) is 4.79 Å². The van der Waals surface area contributed by atoms with Gasteiger partial charge in [0.05, 0.1) is 18.1 Å². The average molecular weight is 410 g/mol. The zero-order chi connectivity index (χ0) is 19.6. The van der Waals surface area contributed by atoms with E-state index < -0.39 is 0 Å². The number of carbonyl (C=O) groups excluding carboxylic acids is 1. The van der Waals surface area contributed by atoms with Gasteiger partial charge in [0, 0.05) is 50.2 Å². The monoisotopic (exact) mass is 409 g/mol. The number of thiophene rings is 1. The fourth-order valence-corrected chi connectivity index (χ4v) is 4.84. The summed E-state index contributed by atoms with van der Waals surface area (Å²) in [7, 11) is 0. The molecule has 4 heterocycles. The highest BCUT2D eigenvalue weighted by Crippen LogP contribution is 2.27. The lowest BCUT2D eigenvalue weighted by Gasteiger charge is -2.35. The summed E-state index contributed by atoms with van der Waals surface area (Å²) >= 11 is 1.57. The van der Waals surface area contributed by atoms with E-state index in [1.54, 1.807) is 11.3 Å². The van der Waals surface area contributed by atoms with Crippen LogP contribution in [0.2, 0.25) is 0 Å². The number of carbonyl (C=O) groups is 1. The number of piperazine rings is 1. The van der Waals surface area contributed by atoms with E-state index >= 15 is 0 Å². The Morgan fingerprint density at radius 1 is 0.966 bits per heavy atom. The summed E-state index contributed by atoms with van der Waals surface area (Å²) in [6, 6.07) is 12.1. The molecule has 0 atom stereocenters. The molecule has 2 aromatic heterocycles. The second kappa shape index (κ2) is 7.96. The Balaban J connectivity index is 1.25. The van der Waals surface area contributed by atoms with Crippen LogP contribution in [0.5, 0.6) is 0 Å². The predicted octanol–water partition coefficient (Wildman–Crippen LogP) is 2.49. The Morgan fingerprint density at radius 2 is 1.76 bits per heavy atom. The van der Waals surface area contributed by atoms with Gasteiger partial charge < -0.3 is 19.4 Å². The minimum Gasteiger partial charge on any atom is -0.378 e. The molecular formula is C21H23N5O2S. The van der Waals surface area contributed by atoms with Crippen LogP contribution in [0.25, 0.3) is 10.1 Å². The molecule has 1 aromatic carbocycles. The number of amides is 1. The van der Waals surface area contributed by atoms with Crippen LogP contribution in [0.1, 0.15) is 9.67 Å². The standard InChI is InChI=1S/C21H23N5O2S/c27-20(18-15-16-3-1-2-4-17(16)29-18)25-9-7-24(8-10-25)19-5-6-22-21(23-19)26-11-13-28-14-12-26/h1-6,15H,7-14H2. The SMILES string of the molecule is O=C(c1cc2ccccc2s1)N1CCN(c2ccnc(N3CCOCC3)n2)CC1. The second-order valence-corrected chi connectivity index (χ2v) is 8.33. The largest absolute Gasteiger partial charge is 0.378 e. The van der Waals surface area contributed by atoms with E-state index in [9.17, 15) is 4.79 Å². The number of nitrogens with zero attached hydrogens (tertiary/aromatic N) is 5. The second-order valence-electron chi connectivity index (χ2n) is 7.24. The molecular weight excluding hydrogens is 386 g/mol. The van der Waals surface area contributed by atoms with Crippen LogP contribution >= 0.6 is 11.3 Å². The highest BCUT2D eigenvalue weighted by atomic mass is 32.1. The van der Waals surface area contributed by atoms with Gasteiger partial charge in [-0.2, -0.15) is 4.98 Å². The first-order valence-corrected chi connectivity index (χ1v) is 10.8. The fraction of sp³-hybridized carbons (Fsp3) is 0.381. The highest BCUT2D eigenvalue weighted by Gasteiger charge is 2.25. The van der Waals surface area contributed by atoms with Gasteiger partial charge in [0.25, 0.3) is 5.91 Å². The molecule has 1 amide bonds. The summed E-state index contributed by atoms with van der Waals surface area (Å²) in [5.74, 6) is 1.81. The third kappa shape index (κ3) is 3.77. The van der Waals surface area contributed by atoms with Gasteiger partial charge in [0.15, 0.2) is 0 Å². The van der Waals surface area contributed by atoms with Crippen molar-refractivity contribution in [1.29, 1.82) is 0 Å². The zero-order valence-electron chi connectivity index (χ0n) is 16.2. The molecule has 150 valence electrons. The molecule has 29 heavy (non-hydrogen) atoms. The number of morpholine rings is 1. The number of fused-ring (bicyclic) bond motifs is 1. The van der Waals surface area contributed by atoms with Crippen molar-refractivity contribution in [2.75, 3.05) is 62.3 Å². The smallest absolute Gasteiger partial charge is 0.264 e. The number of aromatic nitrogens is 2. The number of rotatable bonds is 3. The molecule has 5 rings (SSSR count). The van der Waals surface area contributed by atoms with Crippen LogP contribution in [0.4, 0.5) is 11.8 Å². The van der Waals surface area contributed by atoms with Gasteiger partial charge in [0.2, 0.25) is 5.95 Å². The molecule has 3 aromatic rings. The molecule has 0 unspecified atom stereocenters. The van der Waals surface area contributed by atoms with Crippen molar-refractivity contribution in [3.8, 4) is 0 Å². The summed E-state index contributed by atoms with van der Waals surface area (Å²) in [6.45, 7) is 6.01. The van der Waals surface area contributed by atoms with Crippen molar-refractivity contribution in [3.05, 3.63) is 47.5 Å². The van der Waals surface area contributed by atoms with E-state index in [4.69, 9.17) is 9.72 Å². The minimum absolute atomic E-state index is 0.127. The van der Waals surface area contributed by atoms with Gasteiger partial charge in [-0.05, 0) is 23.6 Å². The van der Waals surface area contributed by atoms with E-state index in [2.05, 4.69) is 26.9 Å². The van der Waals surface area contributed by atoms with E-state index in [0.717, 1.165) is 52.9 Å². The summed E-state index contributed by atoms with van der Waals surface area (Å²) in [4.78, 5) is 29.3. The number of ether oxygens (including phenoxy) is 1. The quantitative estimate of drug-likeness (QED) is 0.662. The third-order valence-corrected chi connectivity index (χ3v) is 6.55. The van der Waals surface area contributed by atoms with Crippen molar-refractivity contribution in [2.24, 2.45) is 0 Å². The molecule has 2 aliphatic rings. The molecule has 2 aliphatic heterocycles. The molecule has 0 N–H and O–H groups in total. The van der Waals surface area contributed by atoms with E-state index in [-0.39, 0.29) is 5.91 Å². The van der Waals surface area contributed by atoms with E-state index in [0.29, 0.717) is 26.3 Å². The Kier molecular flexibility index (Phi) is 5.03. The number of anilines is 2. The van der Waals surface area contributed by atoms with Crippen LogP contribution in [-0.4, -0.2) is 73.3 Å². The topological polar surface area (TPSA) is 61.8 Å². The van der Waals surface area contributed by atoms with Crippen molar-refractivity contribution >= 4 is 39.1 Å². The first-order valence-electron chi connectivity index (χ1n) is 9.96. The third-order valence-electron chi connectivity index (χ3n) is 5.45. The predicted molar refractivity (Wildman–Crippen MR) is 115 cm³/mol. The lowest BCUT2D eigenvalue weighted by atomic mass is 10.2. The molecule has 2 fully saturated rings. The molecule has 8 heteroatoms. The van der Waals surface area contributed by atoms with Gasteiger partial charge in [-0.1, -0.05) is 18.2 Å². The lowest BCUT2D eigenvalue weighted by Crippen LogP contribution is -2.49. The van der Waals surface area contributed by atoms with Crippen molar-refractivity contribution in [3.63, 3.8) is 0 Å². The van der Waals surface area contributed by atoms with Crippen LogP contribution in [0.15, 0.2) is 42.6 Å². The van der Waals surface area contributed by atoms with Crippen LogP contribution < -0.4 is 9.80 Å². The van der Waals surface area contributed by atoms with Crippen LogP contribution in [0, 0.1) is 0 Å². The van der Waals surface area contributed by atoms with Crippen LogP contribution in [-0.2, 0) is 4.74 Å². The van der Waals surface area contributed by atoms with Crippen LogP contribution in [0.3, 0.4) is 0 Å². The maximum atomic E-state index is 12.9. The Bertz CT molecular complexity index is 976. The summed E-state index contributed by atoms with van der Waals surface area (Å²) < 4.78 is 6.57. The lowest BCUT2D eigenvalue weighted by molar-refractivity contribution is 0.0751. The van der Waals surface area contributed by atoms with Gasteiger partial charge in [0.1, 0.15) is 5.82 Å². The fourth-order valence-electron chi connectivity index (χ4n) is 3.81. The Morgan fingerprint density at radius 3 is 2.55 bits per heavy atom. The summed E-state index contributed by atoms with van der Waals surface area (Å²) in [5.41, 5.74) is 0. The van der Waals surface area contributed by atoms with Gasteiger partial charge in [-0.15, -0.1) is 11.3 Å². The maximum absolute atomic E-state index is 12.9.